The van der Waals surface area contributed by atoms with Crippen LogP contribution in [0.2, 0.25) is 5.02 Å². The van der Waals surface area contributed by atoms with Crippen molar-refractivity contribution < 1.29 is 0 Å². The molecule has 0 spiro atoms. The Morgan fingerprint density at radius 3 is 2.76 bits per heavy atom. The van der Waals surface area contributed by atoms with E-state index in [1.54, 1.807) is 17.4 Å². The summed E-state index contributed by atoms with van der Waals surface area (Å²) in [6.45, 7) is 3.93. The van der Waals surface area contributed by atoms with Crippen molar-refractivity contribution in [1.82, 2.24) is 0 Å². The number of thiophene rings is 1. The van der Waals surface area contributed by atoms with E-state index in [2.05, 4.69) is 29.3 Å². The Morgan fingerprint density at radius 1 is 1.35 bits per heavy atom. The van der Waals surface area contributed by atoms with Gasteiger partial charge >= 0.3 is 0 Å². The smallest absolute Gasteiger partial charge is 0.0660 e. The number of rotatable bonds is 4. The molecule has 0 aliphatic heterocycles. The molecule has 90 valence electrons. The van der Waals surface area contributed by atoms with Gasteiger partial charge in [-0.15, -0.1) is 11.3 Å². The Balaban J connectivity index is 2.23. The molecule has 2 rings (SSSR count). The highest BCUT2D eigenvalue weighted by Gasteiger charge is 2.09. The maximum absolute atomic E-state index is 6.22. The van der Waals surface area contributed by atoms with Crippen molar-refractivity contribution >= 4 is 34.3 Å². The third-order valence-electron chi connectivity index (χ3n) is 2.62. The lowest BCUT2D eigenvalue weighted by atomic mass is 10.2. The van der Waals surface area contributed by atoms with Gasteiger partial charge in [0.15, 0.2) is 0 Å². The van der Waals surface area contributed by atoms with Gasteiger partial charge in [0.1, 0.15) is 0 Å². The predicted molar refractivity (Wildman–Crippen MR) is 76.9 cm³/mol. The fourth-order valence-electron chi connectivity index (χ4n) is 1.74. The van der Waals surface area contributed by atoms with Gasteiger partial charge in [0, 0.05) is 17.1 Å². The molecule has 0 aliphatic carbocycles. The van der Waals surface area contributed by atoms with Crippen LogP contribution in [0.5, 0.6) is 0 Å². The Morgan fingerprint density at radius 2 is 2.18 bits per heavy atom. The van der Waals surface area contributed by atoms with Gasteiger partial charge in [0.05, 0.1) is 17.3 Å². The summed E-state index contributed by atoms with van der Waals surface area (Å²) < 4.78 is 0. The van der Waals surface area contributed by atoms with Crippen molar-refractivity contribution in [2.75, 3.05) is 17.2 Å². The lowest BCUT2D eigenvalue weighted by molar-refractivity contribution is 0.843. The number of anilines is 2. The summed E-state index contributed by atoms with van der Waals surface area (Å²) in [6, 6.07) is 9.87. The quantitative estimate of drug-likeness (QED) is 0.848. The molecule has 0 unspecified atom stereocenters. The van der Waals surface area contributed by atoms with Crippen molar-refractivity contribution in [2.24, 2.45) is 0 Å². The molecule has 0 fully saturated rings. The van der Waals surface area contributed by atoms with E-state index in [1.807, 2.05) is 12.1 Å². The summed E-state index contributed by atoms with van der Waals surface area (Å²) in [5, 5.41) is 2.80. The molecular formula is C13H15ClN2S. The minimum Gasteiger partial charge on any atom is -0.399 e. The number of benzene rings is 1. The van der Waals surface area contributed by atoms with Crippen LogP contribution in [0.1, 0.15) is 11.8 Å². The summed E-state index contributed by atoms with van der Waals surface area (Å²) in [5.74, 6) is 0. The molecule has 0 saturated carbocycles. The van der Waals surface area contributed by atoms with Gasteiger partial charge in [0.25, 0.3) is 0 Å². The van der Waals surface area contributed by atoms with E-state index < -0.39 is 0 Å². The minimum absolute atomic E-state index is 0.700. The first-order valence-electron chi connectivity index (χ1n) is 5.53. The Hall–Kier alpha value is -1.19. The summed E-state index contributed by atoms with van der Waals surface area (Å²) >= 11 is 7.99. The van der Waals surface area contributed by atoms with E-state index in [9.17, 15) is 0 Å². The molecule has 1 aromatic heterocycles. The average molecular weight is 267 g/mol. The van der Waals surface area contributed by atoms with Crippen LogP contribution in [-0.4, -0.2) is 6.54 Å². The first kappa shape index (κ1) is 12.3. The standard InChI is InChI=1S/C13H15ClN2S/c1-2-16(9-11-4-3-7-17-11)13-6-5-10(15)8-12(13)14/h3-8H,2,9,15H2,1H3. The topological polar surface area (TPSA) is 29.3 Å². The van der Waals surface area contributed by atoms with Crippen LogP contribution in [0.3, 0.4) is 0 Å². The SMILES string of the molecule is CCN(Cc1cccs1)c1ccc(N)cc1Cl. The number of hydrogen-bond donors (Lipinski definition) is 1. The summed E-state index contributed by atoms with van der Waals surface area (Å²) in [5.41, 5.74) is 7.44. The first-order valence-corrected chi connectivity index (χ1v) is 6.79. The van der Waals surface area contributed by atoms with Gasteiger partial charge < -0.3 is 10.6 Å². The molecule has 0 atom stereocenters. The third kappa shape index (κ3) is 2.93. The maximum Gasteiger partial charge on any atom is 0.0660 e. The molecule has 0 amide bonds. The zero-order chi connectivity index (χ0) is 12.3. The highest BCUT2D eigenvalue weighted by Crippen LogP contribution is 2.29. The van der Waals surface area contributed by atoms with E-state index in [0.29, 0.717) is 10.7 Å². The number of nitrogen functional groups attached to an aromatic ring is 1. The number of halogens is 1. The molecule has 4 heteroatoms. The van der Waals surface area contributed by atoms with Gasteiger partial charge in [-0.05, 0) is 36.6 Å². The molecule has 0 radical (unpaired) electrons. The highest BCUT2D eigenvalue weighted by atomic mass is 35.5. The van der Waals surface area contributed by atoms with E-state index in [4.69, 9.17) is 17.3 Å². The average Bonchev–Trinajstić information content (AvgIpc) is 2.79. The molecule has 0 saturated heterocycles. The molecule has 2 N–H and O–H groups in total. The van der Waals surface area contributed by atoms with E-state index in [1.165, 1.54) is 4.88 Å². The van der Waals surface area contributed by atoms with Gasteiger partial charge in [-0.25, -0.2) is 0 Å². The first-order chi connectivity index (χ1) is 8.20. The lowest BCUT2D eigenvalue weighted by Crippen LogP contribution is -2.21. The maximum atomic E-state index is 6.22. The fourth-order valence-corrected chi connectivity index (χ4v) is 2.77. The lowest BCUT2D eigenvalue weighted by Gasteiger charge is -2.23. The highest BCUT2D eigenvalue weighted by molar-refractivity contribution is 7.09. The second kappa shape index (κ2) is 5.43. The van der Waals surface area contributed by atoms with Crippen LogP contribution in [0.25, 0.3) is 0 Å². The Labute approximate surface area is 111 Å². The molecule has 0 bridgehead atoms. The summed E-state index contributed by atoms with van der Waals surface area (Å²) in [4.78, 5) is 3.58. The zero-order valence-electron chi connectivity index (χ0n) is 9.69. The van der Waals surface area contributed by atoms with Gasteiger partial charge in [-0.2, -0.15) is 0 Å². The van der Waals surface area contributed by atoms with Crippen LogP contribution >= 0.6 is 22.9 Å². The van der Waals surface area contributed by atoms with Crippen LogP contribution in [0.4, 0.5) is 11.4 Å². The van der Waals surface area contributed by atoms with Crippen molar-refractivity contribution in [1.29, 1.82) is 0 Å². The van der Waals surface area contributed by atoms with E-state index >= 15 is 0 Å². The van der Waals surface area contributed by atoms with Crippen LogP contribution in [-0.2, 0) is 6.54 Å². The minimum atomic E-state index is 0.700. The molecule has 2 nitrogen and oxygen atoms in total. The number of hydrogen-bond acceptors (Lipinski definition) is 3. The second-order valence-electron chi connectivity index (χ2n) is 3.80. The second-order valence-corrected chi connectivity index (χ2v) is 5.24. The molecule has 2 aromatic rings. The molecule has 17 heavy (non-hydrogen) atoms. The van der Waals surface area contributed by atoms with Gasteiger partial charge in [0.2, 0.25) is 0 Å². The largest absolute Gasteiger partial charge is 0.399 e. The summed E-state index contributed by atoms with van der Waals surface area (Å²) in [6.07, 6.45) is 0. The summed E-state index contributed by atoms with van der Waals surface area (Å²) in [7, 11) is 0. The number of nitrogens with two attached hydrogens (primary N) is 1. The number of nitrogens with zero attached hydrogens (tertiary/aromatic N) is 1. The normalized spacial score (nSPS) is 10.5. The zero-order valence-corrected chi connectivity index (χ0v) is 11.3. The van der Waals surface area contributed by atoms with Gasteiger partial charge in [-0.3, -0.25) is 0 Å². The van der Waals surface area contributed by atoms with Crippen molar-refractivity contribution in [3.05, 3.63) is 45.6 Å². The van der Waals surface area contributed by atoms with Crippen LogP contribution < -0.4 is 10.6 Å². The Kier molecular flexibility index (Phi) is 3.92. The van der Waals surface area contributed by atoms with E-state index in [0.717, 1.165) is 18.8 Å². The van der Waals surface area contributed by atoms with Crippen LogP contribution in [0.15, 0.2) is 35.7 Å². The molecular weight excluding hydrogens is 252 g/mol. The fraction of sp³-hybridized carbons (Fsp3) is 0.231. The monoisotopic (exact) mass is 266 g/mol. The van der Waals surface area contributed by atoms with E-state index in [-0.39, 0.29) is 0 Å². The van der Waals surface area contributed by atoms with Gasteiger partial charge in [-0.1, -0.05) is 17.7 Å². The Bertz CT molecular complexity index is 482. The van der Waals surface area contributed by atoms with Crippen LogP contribution in [0, 0.1) is 0 Å². The van der Waals surface area contributed by atoms with Crippen molar-refractivity contribution in [2.45, 2.75) is 13.5 Å². The molecule has 0 aliphatic rings. The van der Waals surface area contributed by atoms with Crippen molar-refractivity contribution in [3.63, 3.8) is 0 Å². The molecule has 1 heterocycles. The van der Waals surface area contributed by atoms with Crippen molar-refractivity contribution in [3.8, 4) is 0 Å². The molecule has 1 aromatic carbocycles. The third-order valence-corrected chi connectivity index (χ3v) is 3.78. The predicted octanol–water partition coefficient (Wildman–Crippen LogP) is 4.01.